The molecule has 31 heavy (non-hydrogen) atoms. The highest BCUT2D eigenvalue weighted by atomic mass is 16.5. The van der Waals surface area contributed by atoms with E-state index in [2.05, 4.69) is 35.7 Å². The molecule has 0 spiro atoms. The molecule has 10 heteroatoms. The van der Waals surface area contributed by atoms with E-state index < -0.39 is 0 Å². The number of methoxy groups -OCH3 is 1. The zero-order valence-electron chi connectivity index (χ0n) is 16.7. The van der Waals surface area contributed by atoms with Crippen LogP contribution in [0.15, 0.2) is 47.2 Å². The first-order valence-corrected chi connectivity index (χ1v) is 9.99. The quantitative estimate of drug-likeness (QED) is 0.447. The molecule has 5 aromatic heterocycles. The molecule has 1 aliphatic carbocycles. The third kappa shape index (κ3) is 3.21. The second-order valence-electron chi connectivity index (χ2n) is 7.45. The minimum atomic E-state index is 0.413. The van der Waals surface area contributed by atoms with E-state index >= 15 is 0 Å². The molecule has 0 unspecified atom stereocenters. The molecular formula is C21H18N8O2. The van der Waals surface area contributed by atoms with E-state index in [1.807, 2.05) is 30.3 Å². The maximum absolute atomic E-state index is 5.46. The van der Waals surface area contributed by atoms with E-state index in [1.54, 1.807) is 24.0 Å². The molecule has 1 N–H and O–H groups in total. The molecular weight excluding hydrogens is 396 g/mol. The number of fused-ring (bicyclic) bond motifs is 2. The van der Waals surface area contributed by atoms with Crippen LogP contribution < -0.4 is 10.1 Å². The van der Waals surface area contributed by atoms with E-state index in [4.69, 9.17) is 9.26 Å². The first-order valence-electron chi connectivity index (χ1n) is 9.99. The van der Waals surface area contributed by atoms with Crippen molar-refractivity contribution in [3.8, 4) is 17.1 Å². The Labute approximate surface area is 176 Å². The average Bonchev–Trinajstić information content (AvgIpc) is 3.40. The van der Waals surface area contributed by atoms with Gasteiger partial charge in [-0.2, -0.15) is 9.61 Å². The number of hydrogen-bond donors (Lipinski definition) is 1. The molecule has 1 fully saturated rings. The number of nitrogens with one attached hydrogen (secondary N) is 1. The van der Waals surface area contributed by atoms with Crippen LogP contribution in [0.5, 0.6) is 5.75 Å². The van der Waals surface area contributed by atoms with Crippen LogP contribution in [0.25, 0.3) is 28.1 Å². The van der Waals surface area contributed by atoms with E-state index in [0.717, 1.165) is 41.0 Å². The summed E-state index contributed by atoms with van der Waals surface area (Å²) >= 11 is 0. The number of hydrogen-bond acceptors (Lipinski definition) is 9. The Balaban J connectivity index is 1.29. The van der Waals surface area contributed by atoms with Crippen LogP contribution in [0.1, 0.15) is 30.3 Å². The van der Waals surface area contributed by atoms with Gasteiger partial charge in [0, 0.05) is 24.2 Å². The number of ether oxygens (including phenoxy) is 1. The third-order valence-corrected chi connectivity index (χ3v) is 5.32. The maximum Gasteiger partial charge on any atom is 0.178 e. The normalized spacial score (nSPS) is 13.7. The largest absolute Gasteiger partial charge is 0.495 e. The summed E-state index contributed by atoms with van der Waals surface area (Å²) in [6, 6.07) is 9.45. The van der Waals surface area contributed by atoms with E-state index in [-0.39, 0.29) is 0 Å². The fraction of sp³-hybridized carbons (Fsp3) is 0.238. The van der Waals surface area contributed by atoms with E-state index in [1.165, 1.54) is 0 Å². The van der Waals surface area contributed by atoms with Crippen molar-refractivity contribution in [2.75, 3.05) is 12.4 Å². The van der Waals surface area contributed by atoms with Gasteiger partial charge in [-0.05, 0) is 31.0 Å². The van der Waals surface area contributed by atoms with Crippen LogP contribution in [-0.2, 0) is 6.54 Å². The molecule has 1 saturated carbocycles. The third-order valence-electron chi connectivity index (χ3n) is 5.32. The van der Waals surface area contributed by atoms with Gasteiger partial charge in [0.1, 0.15) is 28.4 Å². The van der Waals surface area contributed by atoms with Crippen LogP contribution in [0.4, 0.5) is 5.69 Å². The van der Waals surface area contributed by atoms with Crippen molar-refractivity contribution in [1.82, 2.24) is 34.9 Å². The summed E-state index contributed by atoms with van der Waals surface area (Å²) in [6.07, 6.45) is 5.72. The fourth-order valence-electron chi connectivity index (χ4n) is 3.49. The maximum atomic E-state index is 5.46. The summed E-state index contributed by atoms with van der Waals surface area (Å²) in [7, 11) is 1.61. The molecule has 0 saturated heterocycles. The van der Waals surface area contributed by atoms with Crippen molar-refractivity contribution in [1.29, 1.82) is 0 Å². The molecule has 5 aromatic rings. The highest BCUT2D eigenvalue weighted by molar-refractivity contribution is 5.87. The number of anilines is 1. The predicted octanol–water partition coefficient (Wildman–Crippen LogP) is 3.22. The Hall–Kier alpha value is -4.08. The van der Waals surface area contributed by atoms with Crippen molar-refractivity contribution in [3.63, 3.8) is 0 Å². The standard InChI is InChI=1S/C21H18N8O2/c1-30-13-8-17-21(24-10-13)15(6-7-22-17)23-11-20-26-25-19-5-4-14(27-29(19)20)16-9-18(31-28-16)12-2-3-12/h4-10,12H,2-3,11H2,1H3,(H,22,23). The molecule has 5 heterocycles. The van der Waals surface area contributed by atoms with Crippen LogP contribution in [0.3, 0.4) is 0 Å². The van der Waals surface area contributed by atoms with Gasteiger partial charge in [-0.1, -0.05) is 5.16 Å². The van der Waals surface area contributed by atoms with Gasteiger partial charge in [-0.15, -0.1) is 10.2 Å². The monoisotopic (exact) mass is 414 g/mol. The van der Waals surface area contributed by atoms with Gasteiger partial charge in [-0.25, -0.2) is 4.98 Å². The molecule has 0 radical (unpaired) electrons. The Morgan fingerprint density at radius 1 is 1.13 bits per heavy atom. The zero-order chi connectivity index (χ0) is 20.8. The molecule has 6 rings (SSSR count). The van der Waals surface area contributed by atoms with Crippen LogP contribution in [0.2, 0.25) is 0 Å². The summed E-state index contributed by atoms with van der Waals surface area (Å²) in [5.41, 5.74) is 4.43. The minimum absolute atomic E-state index is 0.413. The smallest absolute Gasteiger partial charge is 0.178 e. The molecule has 0 aromatic carbocycles. The van der Waals surface area contributed by atoms with Gasteiger partial charge in [0.25, 0.3) is 0 Å². The Bertz CT molecular complexity index is 1410. The van der Waals surface area contributed by atoms with Crippen molar-refractivity contribution >= 4 is 22.4 Å². The van der Waals surface area contributed by atoms with Gasteiger partial charge >= 0.3 is 0 Å². The number of pyridine rings is 2. The molecule has 1 aliphatic rings. The van der Waals surface area contributed by atoms with Gasteiger partial charge in [-0.3, -0.25) is 4.98 Å². The fourth-order valence-corrected chi connectivity index (χ4v) is 3.49. The van der Waals surface area contributed by atoms with Crippen molar-refractivity contribution < 1.29 is 9.26 Å². The second kappa shape index (κ2) is 7.01. The summed E-state index contributed by atoms with van der Waals surface area (Å²) in [5, 5.41) is 20.7. The van der Waals surface area contributed by atoms with Gasteiger partial charge in [0.2, 0.25) is 0 Å². The Morgan fingerprint density at radius 2 is 2.06 bits per heavy atom. The Kier molecular flexibility index (Phi) is 4.01. The summed E-state index contributed by atoms with van der Waals surface area (Å²) in [5.74, 6) is 2.76. The topological polar surface area (TPSA) is 116 Å². The van der Waals surface area contributed by atoms with Crippen LogP contribution >= 0.6 is 0 Å². The Morgan fingerprint density at radius 3 is 2.94 bits per heavy atom. The van der Waals surface area contributed by atoms with Crippen LogP contribution in [0, 0.1) is 0 Å². The zero-order valence-corrected chi connectivity index (χ0v) is 16.7. The predicted molar refractivity (Wildman–Crippen MR) is 112 cm³/mol. The molecule has 0 aliphatic heterocycles. The number of aromatic nitrogens is 7. The minimum Gasteiger partial charge on any atom is -0.495 e. The van der Waals surface area contributed by atoms with E-state index in [9.17, 15) is 0 Å². The lowest BCUT2D eigenvalue weighted by molar-refractivity contribution is 0.386. The average molecular weight is 414 g/mol. The first-order chi connectivity index (χ1) is 15.3. The van der Waals surface area contributed by atoms with Crippen molar-refractivity contribution in [2.24, 2.45) is 0 Å². The second-order valence-corrected chi connectivity index (χ2v) is 7.45. The summed E-state index contributed by atoms with van der Waals surface area (Å²) in [6.45, 7) is 0.413. The molecule has 154 valence electrons. The van der Waals surface area contributed by atoms with Crippen molar-refractivity contribution in [2.45, 2.75) is 25.3 Å². The van der Waals surface area contributed by atoms with E-state index in [0.29, 0.717) is 35.4 Å². The highest BCUT2D eigenvalue weighted by Crippen LogP contribution is 2.41. The lowest BCUT2D eigenvalue weighted by Gasteiger charge is -2.08. The van der Waals surface area contributed by atoms with Crippen LogP contribution in [-0.4, -0.2) is 42.0 Å². The molecule has 0 amide bonds. The molecule has 0 atom stereocenters. The molecule has 10 nitrogen and oxygen atoms in total. The first kappa shape index (κ1) is 17.8. The summed E-state index contributed by atoms with van der Waals surface area (Å²) in [4.78, 5) is 8.83. The van der Waals surface area contributed by atoms with Gasteiger partial charge in [0.05, 0.1) is 31.1 Å². The number of nitrogens with zero attached hydrogens (tertiary/aromatic N) is 7. The lowest BCUT2D eigenvalue weighted by atomic mass is 10.2. The van der Waals surface area contributed by atoms with Gasteiger partial charge < -0.3 is 14.6 Å². The lowest BCUT2D eigenvalue weighted by Crippen LogP contribution is -2.07. The SMILES string of the molecule is COc1cnc2c(NCc3nnc4ccc(-c5cc(C6CC6)on5)nn34)ccnc2c1. The highest BCUT2D eigenvalue weighted by Gasteiger charge is 2.28. The summed E-state index contributed by atoms with van der Waals surface area (Å²) < 4.78 is 12.4. The molecule has 0 bridgehead atoms. The number of rotatable bonds is 6. The van der Waals surface area contributed by atoms with Gasteiger partial charge in [0.15, 0.2) is 11.5 Å². The van der Waals surface area contributed by atoms with Crippen molar-refractivity contribution in [3.05, 3.63) is 54.3 Å².